The van der Waals surface area contributed by atoms with Crippen LogP contribution in [0.5, 0.6) is 5.75 Å². The van der Waals surface area contributed by atoms with Crippen molar-refractivity contribution < 1.29 is 9.13 Å². The Morgan fingerprint density at radius 2 is 1.82 bits per heavy atom. The number of hydrogen-bond donors (Lipinski definition) is 0. The third-order valence-corrected chi connectivity index (χ3v) is 5.33. The Labute approximate surface area is 149 Å². The van der Waals surface area contributed by atoms with E-state index in [0.717, 1.165) is 43.2 Å². The minimum Gasteiger partial charge on any atom is -0.487 e. The van der Waals surface area contributed by atoms with E-state index in [4.69, 9.17) is 4.74 Å². The molecule has 2 aromatic rings. The van der Waals surface area contributed by atoms with Gasteiger partial charge in [0.2, 0.25) is 0 Å². The van der Waals surface area contributed by atoms with Gasteiger partial charge in [-0.2, -0.15) is 0 Å². The Bertz CT molecular complexity index is 696. The van der Waals surface area contributed by atoms with Gasteiger partial charge in [-0.25, -0.2) is 4.39 Å². The SMILES string of the molecule is Fc1ccc(COc2c(Br)cc(C3=NCCS3)cc2Br)cc1. The lowest BCUT2D eigenvalue weighted by atomic mass is 10.2. The standard InChI is InChI=1S/C16H12Br2FNOS/c17-13-7-11(16-20-5-6-22-16)8-14(18)15(13)21-9-10-1-3-12(19)4-2-10/h1-4,7-8H,5-6,9H2. The molecule has 0 bridgehead atoms. The number of aliphatic imine (C=N–C) groups is 1. The summed E-state index contributed by atoms with van der Waals surface area (Å²) in [5.74, 6) is 1.52. The minimum absolute atomic E-state index is 0.245. The van der Waals surface area contributed by atoms with Crippen LogP contribution in [-0.4, -0.2) is 17.3 Å². The summed E-state index contributed by atoms with van der Waals surface area (Å²) in [6.45, 7) is 1.25. The van der Waals surface area contributed by atoms with Crippen molar-refractivity contribution in [2.24, 2.45) is 4.99 Å². The van der Waals surface area contributed by atoms with Gasteiger partial charge in [0, 0.05) is 17.9 Å². The van der Waals surface area contributed by atoms with Gasteiger partial charge < -0.3 is 4.74 Å². The first-order chi connectivity index (χ1) is 10.6. The second-order valence-electron chi connectivity index (χ2n) is 4.72. The van der Waals surface area contributed by atoms with Crippen LogP contribution in [0.15, 0.2) is 50.3 Å². The van der Waals surface area contributed by atoms with Crippen molar-refractivity contribution in [3.05, 3.63) is 62.3 Å². The van der Waals surface area contributed by atoms with Crippen molar-refractivity contribution in [3.8, 4) is 5.75 Å². The molecule has 0 saturated heterocycles. The van der Waals surface area contributed by atoms with Gasteiger partial charge in [-0.3, -0.25) is 4.99 Å². The zero-order valence-electron chi connectivity index (χ0n) is 11.5. The average Bonchev–Trinajstić information content (AvgIpc) is 3.02. The van der Waals surface area contributed by atoms with E-state index in [-0.39, 0.29) is 5.82 Å². The molecule has 0 saturated carbocycles. The molecule has 0 unspecified atom stereocenters. The summed E-state index contributed by atoms with van der Waals surface area (Å²) in [5.41, 5.74) is 2.00. The highest BCUT2D eigenvalue weighted by Gasteiger charge is 2.15. The summed E-state index contributed by atoms with van der Waals surface area (Å²) < 4.78 is 20.5. The summed E-state index contributed by atoms with van der Waals surface area (Å²) in [7, 11) is 0. The molecular formula is C16H12Br2FNOS. The van der Waals surface area contributed by atoms with E-state index in [9.17, 15) is 4.39 Å². The fourth-order valence-electron chi connectivity index (χ4n) is 2.07. The monoisotopic (exact) mass is 443 g/mol. The van der Waals surface area contributed by atoms with Crippen LogP contribution in [0.2, 0.25) is 0 Å². The first-order valence-electron chi connectivity index (χ1n) is 6.67. The lowest BCUT2D eigenvalue weighted by molar-refractivity contribution is 0.302. The largest absolute Gasteiger partial charge is 0.487 e. The molecule has 0 amide bonds. The van der Waals surface area contributed by atoms with Crippen molar-refractivity contribution in [2.75, 3.05) is 12.3 Å². The number of hydrogen-bond acceptors (Lipinski definition) is 3. The second kappa shape index (κ2) is 7.15. The van der Waals surface area contributed by atoms with Crippen LogP contribution in [-0.2, 0) is 6.61 Å². The predicted octanol–water partition coefficient (Wildman–Crippen LogP) is 5.42. The molecule has 1 aliphatic rings. The number of nitrogens with zero attached hydrogens (tertiary/aromatic N) is 1. The maximum Gasteiger partial charge on any atom is 0.148 e. The Morgan fingerprint density at radius 1 is 1.14 bits per heavy atom. The molecule has 0 aliphatic carbocycles. The van der Waals surface area contributed by atoms with Gasteiger partial charge in [0.1, 0.15) is 18.2 Å². The number of thioether (sulfide) groups is 1. The summed E-state index contributed by atoms with van der Waals surface area (Å²) in [6, 6.07) is 10.3. The predicted molar refractivity (Wildman–Crippen MR) is 96.4 cm³/mol. The number of ether oxygens (including phenoxy) is 1. The molecule has 0 radical (unpaired) electrons. The zero-order valence-corrected chi connectivity index (χ0v) is 15.5. The topological polar surface area (TPSA) is 21.6 Å². The first-order valence-corrected chi connectivity index (χ1v) is 9.24. The third-order valence-electron chi connectivity index (χ3n) is 3.13. The highest BCUT2D eigenvalue weighted by molar-refractivity contribution is 9.11. The minimum atomic E-state index is -0.245. The van der Waals surface area contributed by atoms with Crippen LogP contribution in [0.1, 0.15) is 11.1 Å². The van der Waals surface area contributed by atoms with E-state index in [1.807, 2.05) is 12.1 Å². The first kappa shape index (κ1) is 16.0. The average molecular weight is 445 g/mol. The molecule has 3 rings (SSSR count). The van der Waals surface area contributed by atoms with Crippen molar-refractivity contribution in [1.82, 2.24) is 0 Å². The van der Waals surface area contributed by atoms with Crippen LogP contribution in [0.4, 0.5) is 4.39 Å². The molecule has 0 N–H and O–H groups in total. The van der Waals surface area contributed by atoms with E-state index >= 15 is 0 Å². The molecule has 1 heterocycles. The molecule has 0 spiro atoms. The van der Waals surface area contributed by atoms with Crippen LogP contribution in [0.25, 0.3) is 0 Å². The van der Waals surface area contributed by atoms with Crippen molar-refractivity contribution in [3.63, 3.8) is 0 Å². The molecule has 2 nitrogen and oxygen atoms in total. The Balaban J connectivity index is 1.77. The quantitative estimate of drug-likeness (QED) is 0.627. The van der Waals surface area contributed by atoms with Crippen LogP contribution < -0.4 is 4.74 Å². The zero-order chi connectivity index (χ0) is 15.5. The lowest BCUT2D eigenvalue weighted by Gasteiger charge is -2.12. The van der Waals surface area contributed by atoms with Gasteiger partial charge in [-0.05, 0) is 61.7 Å². The van der Waals surface area contributed by atoms with Crippen LogP contribution >= 0.6 is 43.6 Å². The molecule has 114 valence electrons. The van der Waals surface area contributed by atoms with Gasteiger partial charge in [0.25, 0.3) is 0 Å². The fourth-order valence-corrected chi connectivity index (χ4v) is 4.33. The summed E-state index contributed by atoms with van der Waals surface area (Å²) in [6.07, 6.45) is 0. The van der Waals surface area contributed by atoms with Gasteiger partial charge in [-0.15, -0.1) is 11.8 Å². The normalized spacial score (nSPS) is 14.0. The number of halogens is 3. The Kier molecular flexibility index (Phi) is 5.21. The highest BCUT2D eigenvalue weighted by atomic mass is 79.9. The maximum absolute atomic E-state index is 12.9. The summed E-state index contributed by atoms with van der Waals surface area (Å²) in [4.78, 5) is 4.48. The Morgan fingerprint density at radius 3 is 2.41 bits per heavy atom. The third kappa shape index (κ3) is 3.73. The molecule has 1 aliphatic heterocycles. The molecule has 0 aromatic heterocycles. The van der Waals surface area contributed by atoms with Gasteiger partial charge in [0.05, 0.1) is 14.0 Å². The van der Waals surface area contributed by atoms with Gasteiger partial charge >= 0.3 is 0 Å². The van der Waals surface area contributed by atoms with E-state index < -0.39 is 0 Å². The highest BCUT2D eigenvalue weighted by Crippen LogP contribution is 2.37. The summed E-state index contributed by atoms with van der Waals surface area (Å²) in [5, 5.41) is 1.06. The molecule has 2 aromatic carbocycles. The Hall–Kier alpha value is -0.850. The van der Waals surface area contributed by atoms with Gasteiger partial charge in [-0.1, -0.05) is 12.1 Å². The van der Waals surface area contributed by atoms with Gasteiger partial charge in [0.15, 0.2) is 0 Å². The van der Waals surface area contributed by atoms with E-state index in [1.54, 1.807) is 23.9 Å². The lowest BCUT2D eigenvalue weighted by Crippen LogP contribution is -1.99. The molecular weight excluding hydrogens is 433 g/mol. The molecule has 6 heteroatoms. The smallest absolute Gasteiger partial charge is 0.148 e. The molecule has 22 heavy (non-hydrogen) atoms. The van der Waals surface area contributed by atoms with E-state index in [0.29, 0.717) is 6.61 Å². The number of rotatable bonds is 4. The summed E-state index contributed by atoms with van der Waals surface area (Å²) >= 11 is 8.86. The number of benzene rings is 2. The maximum atomic E-state index is 12.9. The van der Waals surface area contributed by atoms with Crippen LogP contribution in [0, 0.1) is 5.82 Å². The van der Waals surface area contributed by atoms with Crippen LogP contribution in [0.3, 0.4) is 0 Å². The molecule has 0 atom stereocenters. The van der Waals surface area contributed by atoms with Crippen molar-refractivity contribution in [1.29, 1.82) is 0 Å². The van der Waals surface area contributed by atoms with Crippen molar-refractivity contribution in [2.45, 2.75) is 6.61 Å². The van der Waals surface area contributed by atoms with E-state index in [2.05, 4.69) is 36.9 Å². The molecule has 0 fully saturated rings. The van der Waals surface area contributed by atoms with Crippen molar-refractivity contribution >= 4 is 48.7 Å². The second-order valence-corrected chi connectivity index (χ2v) is 7.51. The fraction of sp³-hybridized carbons (Fsp3) is 0.188. The van der Waals surface area contributed by atoms with E-state index in [1.165, 1.54) is 12.1 Å².